The Labute approximate surface area is 102 Å². The lowest BCUT2D eigenvalue weighted by atomic mass is 10.2. The number of hydrogen-bond donors (Lipinski definition) is 1. The second-order valence-electron chi connectivity index (χ2n) is 3.09. The Bertz CT molecular complexity index is 546. The Kier molecular flexibility index (Phi) is 3.20. The maximum atomic E-state index is 11.0. The average molecular weight is 251 g/mol. The fourth-order valence-electron chi connectivity index (χ4n) is 1.21. The zero-order chi connectivity index (χ0) is 12.3. The summed E-state index contributed by atoms with van der Waals surface area (Å²) in [6, 6.07) is 4.33. The van der Waals surface area contributed by atoms with Crippen molar-refractivity contribution in [1.82, 2.24) is 9.97 Å². The van der Waals surface area contributed by atoms with Gasteiger partial charge in [0, 0.05) is 17.4 Å². The van der Waals surface area contributed by atoms with Crippen LogP contribution in [0.4, 0.5) is 0 Å². The highest BCUT2D eigenvalue weighted by atomic mass is 35.5. The molecule has 86 valence electrons. The third-order valence-electron chi connectivity index (χ3n) is 1.93. The summed E-state index contributed by atoms with van der Waals surface area (Å²) < 4.78 is 5.31. The van der Waals surface area contributed by atoms with Crippen LogP contribution in [0.15, 0.2) is 36.8 Å². The van der Waals surface area contributed by atoms with E-state index in [2.05, 4.69) is 9.97 Å². The minimum absolute atomic E-state index is 0.0249. The third kappa shape index (κ3) is 2.70. The van der Waals surface area contributed by atoms with Gasteiger partial charge < -0.3 is 9.84 Å². The van der Waals surface area contributed by atoms with Gasteiger partial charge in [0.2, 0.25) is 5.88 Å². The van der Waals surface area contributed by atoms with Crippen molar-refractivity contribution in [3.05, 3.63) is 47.4 Å². The van der Waals surface area contributed by atoms with E-state index in [1.54, 1.807) is 6.07 Å². The highest BCUT2D eigenvalue weighted by Gasteiger charge is 2.13. The molecule has 5 nitrogen and oxygen atoms in total. The van der Waals surface area contributed by atoms with Crippen LogP contribution in [0.25, 0.3) is 0 Å². The molecule has 1 heterocycles. The summed E-state index contributed by atoms with van der Waals surface area (Å²) >= 11 is 5.72. The number of aromatic nitrogens is 2. The SMILES string of the molecule is O=C(O)c1cc(Cl)ccc1Oc1cnccn1. The molecule has 1 aromatic carbocycles. The van der Waals surface area contributed by atoms with E-state index in [9.17, 15) is 4.79 Å². The monoisotopic (exact) mass is 250 g/mol. The fraction of sp³-hybridized carbons (Fsp3) is 0. The van der Waals surface area contributed by atoms with E-state index in [-0.39, 0.29) is 17.2 Å². The van der Waals surface area contributed by atoms with E-state index in [1.807, 2.05) is 0 Å². The van der Waals surface area contributed by atoms with Crippen molar-refractivity contribution in [2.75, 3.05) is 0 Å². The number of carboxylic acid groups (broad SMARTS) is 1. The number of carbonyl (C=O) groups is 1. The number of carboxylic acids is 1. The molecule has 0 spiro atoms. The molecule has 0 aliphatic heterocycles. The van der Waals surface area contributed by atoms with Crippen LogP contribution in [0, 0.1) is 0 Å². The predicted octanol–water partition coefficient (Wildman–Crippen LogP) is 2.62. The average Bonchev–Trinajstić information content (AvgIpc) is 2.32. The van der Waals surface area contributed by atoms with Gasteiger partial charge >= 0.3 is 5.97 Å². The van der Waals surface area contributed by atoms with Crippen molar-refractivity contribution >= 4 is 17.6 Å². The third-order valence-corrected chi connectivity index (χ3v) is 2.16. The topological polar surface area (TPSA) is 72.3 Å². The zero-order valence-corrected chi connectivity index (χ0v) is 9.26. The highest BCUT2D eigenvalue weighted by molar-refractivity contribution is 6.31. The summed E-state index contributed by atoms with van der Waals surface area (Å²) in [6.45, 7) is 0. The van der Waals surface area contributed by atoms with Crippen LogP contribution in [0.3, 0.4) is 0 Å². The number of nitrogens with zero attached hydrogens (tertiary/aromatic N) is 2. The lowest BCUT2D eigenvalue weighted by Crippen LogP contribution is -2.00. The smallest absolute Gasteiger partial charge is 0.339 e. The van der Waals surface area contributed by atoms with Gasteiger partial charge in [-0.25, -0.2) is 9.78 Å². The predicted molar refractivity (Wildman–Crippen MR) is 60.5 cm³/mol. The zero-order valence-electron chi connectivity index (χ0n) is 8.50. The second kappa shape index (κ2) is 4.80. The summed E-state index contributed by atoms with van der Waals surface area (Å²) in [5, 5.41) is 9.32. The Morgan fingerprint density at radius 2 is 2.18 bits per heavy atom. The normalized spacial score (nSPS) is 9.94. The van der Waals surface area contributed by atoms with Crippen molar-refractivity contribution in [3.8, 4) is 11.6 Å². The molecule has 6 heteroatoms. The molecule has 1 aromatic heterocycles. The molecule has 0 fully saturated rings. The van der Waals surface area contributed by atoms with Gasteiger partial charge in [0.15, 0.2) is 0 Å². The first-order chi connectivity index (χ1) is 8.16. The summed E-state index contributed by atoms with van der Waals surface area (Å²) in [6.07, 6.45) is 4.33. The molecule has 0 unspecified atom stereocenters. The lowest BCUT2D eigenvalue weighted by molar-refractivity contribution is 0.0694. The van der Waals surface area contributed by atoms with Crippen LogP contribution in [-0.4, -0.2) is 21.0 Å². The van der Waals surface area contributed by atoms with E-state index in [1.165, 1.54) is 30.7 Å². The summed E-state index contributed by atoms with van der Waals surface area (Å²) in [4.78, 5) is 18.7. The number of benzene rings is 1. The van der Waals surface area contributed by atoms with Gasteiger partial charge in [-0.05, 0) is 18.2 Å². The van der Waals surface area contributed by atoms with Crippen molar-refractivity contribution in [2.24, 2.45) is 0 Å². The molecule has 0 amide bonds. The van der Waals surface area contributed by atoms with Gasteiger partial charge in [0.25, 0.3) is 0 Å². The van der Waals surface area contributed by atoms with Gasteiger partial charge in [-0.1, -0.05) is 11.6 Å². The molecule has 0 aliphatic carbocycles. The van der Waals surface area contributed by atoms with Crippen LogP contribution in [0.2, 0.25) is 5.02 Å². The van der Waals surface area contributed by atoms with E-state index in [0.29, 0.717) is 5.02 Å². The molecule has 17 heavy (non-hydrogen) atoms. The molecule has 1 N–H and O–H groups in total. The quantitative estimate of drug-likeness (QED) is 0.907. The molecule has 0 bridgehead atoms. The molecular formula is C11H7ClN2O3. The molecule has 0 aliphatic rings. The van der Waals surface area contributed by atoms with Gasteiger partial charge in [-0.3, -0.25) is 4.98 Å². The van der Waals surface area contributed by atoms with Crippen LogP contribution in [0.1, 0.15) is 10.4 Å². The first-order valence-corrected chi connectivity index (χ1v) is 5.01. The molecule has 0 atom stereocenters. The minimum atomic E-state index is -1.12. The highest BCUT2D eigenvalue weighted by Crippen LogP contribution is 2.26. The molecule has 0 saturated carbocycles. The van der Waals surface area contributed by atoms with Crippen molar-refractivity contribution in [1.29, 1.82) is 0 Å². The van der Waals surface area contributed by atoms with E-state index in [4.69, 9.17) is 21.4 Å². The van der Waals surface area contributed by atoms with Crippen LogP contribution in [0.5, 0.6) is 11.6 Å². The maximum Gasteiger partial charge on any atom is 0.339 e. The maximum absolute atomic E-state index is 11.0. The van der Waals surface area contributed by atoms with Gasteiger partial charge in [-0.15, -0.1) is 0 Å². The first kappa shape index (κ1) is 11.3. The van der Waals surface area contributed by atoms with Crippen LogP contribution < -0.4 is 4.74 Å². The standard InChI is InChI=1S/C11H7ClN2O3/c12-7-1-2-9(8(5-7)11(15)16)17-10-6-13-3-4-14-10/h1-6H,(H,15,16). The van der Waals surface area contributed by atoms with Crippen molar-refractivity contribution in [2.45, 2.75) is 0 Å². The lowest BCUT2D eigenvalue weighted by Gasteiger charge is -2.07. The largest absolute Gasteiger partial charge is 0.478 e. The van der Waals surface area contributed by atoms with Crippen LogP contribution in [-0.2, 0) is 0 Å². The van der Waals surface area contributed by atoms with Gasteiger partial charge in [0.1, 0.15) is 11.3 Å². The van der Waals surface area contributed by atoms with E-state index < -0.39 is 5.97 Å². The number of hydrogen-bond acceptors (Lipinski definition) is 4. The van der Waals surface area contributed by atoms with Crippen molar-refractivity contribution in [3.63, 3.8) is 0 Å². The first-order valence-electron chi connectivity index (χ1n) is 4.63. The van der Waals surface area contributed by atoms with Crippen molar-refractivity contribution < 1.29 is 14.6 Å². The Morgan fingerprint density at radius 1 is 1.35 bits per heavy atom. The summed E-state index contributed by atoms with van der Waals surface area (Å²) in [5.41, 5.74) is -0.0249. The van der Waals surface area contributed by atoms with Gasteiger partial charge in [-0.2, -0.15) is 0 Å². The Balaban J connectivity index is 2.36. The molecule has 2 aromatic rings. The van der Waals surface area contributed by atoms with Gasteiger partial charge in [0.05, 0.1) is 6.20 Å². The summed E-state index contributed by atoms with van der Waals surface area (Å²) in [5.74, 6) is -0.730. The molecule has 2 rings (SSSR count). The van der Waals surface area contributed by atoms with Crippen LogP contribution >= 0.6 is 11.6 Å². The summed E-state index contributed by atoms with van der Waals surface area (Å²) in [7, 11) is 0. The molecule has 0 radical (unpaired) electrons. The Morgan fingerprint density at radius 3 is 2.82 bits per heavy atom. The van der Waals surface area contributed by atoms with E-state index in [0.717, 1.165) is 0 Å². The van der Waals surface area contributed by atoms with E-state index >= 15 is 0 Å². The molecular weight excluding hydrogens is 244 g/mol. The minimum Gasteiger partial charge on any atom is -0.478 e. The molecule has 0 saturated heterocycles. The number of rotatable bonds is 3. The Hall–Kier alpha value is -2.14. The fourth-order valence-corrected chi connectivity index (χ4v) is 1.38. The number of halogens is 1. The number of aromatic carboxylic acids is 1. The number of ether oxygens (including phenoxy) is 1. The second-order valence-corrected chi connectivity index (χ2v) is 3.53.